The molecule has 0 bridgehead atoms. The second-order valence-electron chi connectivity index (χ2n) is 5.88. The summed E-state index contributed by atoms with van der Waals surface area (Å²) in [5.74, 6) is 0.0896. The summed E-state index contributed by atoms with van der Waals surface area (Å²) in [6.45, 7) is 1.86. The Bertz CT molecular complexity index is 896. The molecular weight excluding hydrogens is 339 g/mol. The summed E-state index contributed by atoms with van der Waals surface area (Å²) < 4.78 is 12.9. The normalized spacial score (nSPS) is 11.0. The molecule has 9 heteroatoms. The van der Waals surface area contributed by atoms with Crippen LogP contribution in [0, 0.1) is 15.9 Å². The molecule has 0 amide bonds. The first-order valence-corrected chi connectivity index (χ1v) is 7.97. The number of nitro benzene ring substituents is 1. The molecule has 1 aromatic heterocycles. The molecule has 134 valence electrons. The largest absolute Gasteiger partial charge is 0.300 e. The molecule has 0 aliphatic rings. The van der Waals surface area contributed by atoms with Crippen LogP contribution in [0.3, 0.4) is 0 Å². The zero-order chi connectivity index (χ0) is 18.5. The van der Waals surface area contributed by atoms with Crippen LogP contribution in [-0.2, 0) is 13.1 Å². The summed E-state index contributed by atoms with van der Waals surface area (Å²) in [4.78, 5) is 13.9. The Morgan fingerprint density at radius 2 is 2.00 bits per heavy atom. The molecule has 0 saturated heterocycles. The number of halogens is 1. The lowest BCUT2D eigenvalue weighted by Crippen LogP contribution is -2.23. The number of benzene rings is 2. The van der Waals surface area contributed by atoms with E-state index in [0.29, 0.717) is 31.0 Å². The predicted octanol–water partition coefficient (Wildman–Crippen LogP) is 2.52. The van der Waals surface area contributed by atoms with Gasteiger partial charge in [0.1, 0.15) is 5.82 Å². The van der Waals surface area contributed by atoms with Gasteiger partial charge in [0.2, 0.25) is 5.82 Å². The van der Waals surface area contributed by atoms with Crippen LogP contribution in [0.1, 0.15) is 5.56 Å². The van der Waals surface area contributed by atoms with Crippen molar-refractivity contribution in [2.45, 2.75) is 13.1 Å². The van der Waals surface area contributed by atoms with Crippen LogP contribution in [0.25, 0.3) is 11.4 Å². The standard InChI is InChI=1S/C17H17FN6O2/c1-22(12-13-5-7-15(18)8-6-13)9-10-23-20-17(19-21-23)14-3-2-4-16(11-14)24(25)26/h2-8,11H,9-10,12H2,1H3. The predicted molar refractivity (Wildman–Crippen MR) is 92.6 cm³/mol. The van der Waals surface area contributed by atoms with E-state index in [1.807, 2.05) is 7.05 Å². The van der Waals surface area contributed by atoms with Crippen molar-refractivity contribution in [2.75, 3.05) is 13.6 Å². The van der Waals surface area contributed by atoms with E-state index < -0.39 is 4.92 Å². The van der Waals surface area contributed by atoms with E-state index in [1.54, 1.807) is 24.3 Å². The van der Waals surface area contributed by atoms with E-state index in [1.165, 1.54) is 29.1 Å². The fourth-order valence-electron chi connectivity index (χ4n) is 2.45. The Morgan fingerprint density at radius 1 is 1.23 bits per heavy atom. The van der Waals surface area contributed by atoms with Gasteiger partial charge in [-0.3, -0.25) is 10.1 Å². The summed E-state index contributed by atoms with van der Waals surface area (Å²) in [7, 11) is 1.95. The van der Waals surface area contributed by atoms with Crippen LogP contribution in [0.5, 0.6) is 0 Å². The van der Waals surface area contributed by atoms with E-state index in [9.17, 15) is 14.5 Å². The highest BCUT2D eigenvalue weighted by Crippen LogP contribution is 2.19. The number of likely N-dealkylation sites (N-methyl/N-ethyl adjacent to an activating group) is 1. The number of non-ortho nitro benzene ring substituents is 1. The fourth-order valence-corrected chi connectivity index (χ4v) is 2.45. The van der Waals surface area contributed by atoms with Crippen molar-refractivity contribution < 1.29 is 9.31 Å². The maximum Gasteiger partial charge on any atom is 0.270 e. The summed E-state index contributed by atoms with van der Waals surface area (Å²) in [5.41, 5.74) is 1.54. The maximum atomic E-state index is 12.9. The first-order valence-electron chi connectivity index (χ1n) is 7.97. The average Bonchev–Trinajstić information content (AvgIpc) is 3.11. The molecule has 0 atom stereocenters. The minimum atomic E-state index is -0.460. The first-order chi connectivity index (χ1) is 12.5. The van der Waals surface area contributed by atoms with Gasteiger partial charge in [-0.05, 0) is 30.0 Å². The zero-order valence-electron chi connectivity index (χ0n) is 14.1. The lowest BCUT2D eigenvalue weighted by atomic mass is 10.2. The van der Waals surface area contributed by atoms with E-state index in [-0.39, 0.29) is 11.5 Å². The van der Waals surface area contributed by atoms with Crippen molar-refractivity contribution in [3.63, 3.8) is 0 Å². The molecule has 0 saturated carbocycles. The summed E-state index contributed by atoms with van der Waals surface area (Å²) in [6.07, 6.45) is 0. The van der Waals surface area contributed by atoms with Crippen molar-refractivity contribution in [2.24, 2.45) is 0 Å². The molecule has 26 heavy (non-hydrogen) atoms. The van der Waals surface area contributed by atoms with Crippen LogP contribution in [-0.4, -0.2) is 43.6 Å². The van der Waals surface area contributed by atoms with E-state index in [2.05, 4.69) is 20.3 Å². The minimum Gasteiger partial charge on any atom is -0.300 e. The van der Waals surface area contributed by atoms with Gasteiger partial charge in [0.05, 0.1) is 11.5 Å². The Hall–Kier alpha value is -3.20. The van der Waals surface area contributed by atoms with E-state index in [0.717, 1.165) is 5.56 Å². The van der Waals surface area contributed by atoms with Gasteiger partial charge in [-0.2, -0.15) is 4.80 Å². The van der Waals surface area contributed by atoms with Gasteiger partial charge in [0, 0.05) is 30.8 Å². The lowest BCUT2D eigenvalue weighted by molar-refractivity contribution is -0.384. The topological polar surface area (TPSA) is 90.0 Å². The molecule has 0 aliphatic heterocycles. The Kier molecular flexibility index (Phi) is 5.28. The van der Waals surface area contributed by atoms with Gasteiger partial charge >= 0.3 is 0 Å². The van der Waals surface area contributed by atoms with Crippen LogP contribution >= 0.6 is 0 Å². The number of hydrogen-bond acceptors (Lipinski definition) is 6. The Balaban J connectivity index is 1.59. The quantitative estimate of drug-likeness (QED) is 0.477. The second kappa shape index (κ2) is 7.79. The molecule has 8 nitrogen and oxygen atoms in total. The van der Waals surface area contributed by atoms with Crippen LogP contribution in [0.15, 0.2) is 48.5 Å². The van der Waals surface area contributed by atoms with Crippen LogP contribution < -0.4 is 0 Å². The SMILES string of the molecule is CN(CCn1nnc(-c2cccc([N+](=O)[O-])c2)n1)Cc1ccc(F)cc1. The Morgan fingerprint density at radius 3 is 2.73 bits per heavy atom. The van der Waals surface area contributed by atoms with Crippen molar-refractivity contribution >= 4 is 5.69 Å². The Labute approximate surface area is 149 Å². The number of tetrazole rings is 1. The fraction of sp³-hybridized carbons (Fsp3) is 0.235. The monoisotopic (exact) mass is 356 g/mol. The van der Waals surface area contributed by atoms with Crippen molar-refractivity contribution in [3.05, 3.63) is 70.0 Å². The number of nitrogens with zero attached hydrogens (tertiary/aromatic N) is 6. The molecule has 1 heterocycles. The summed E-state index contributed by atoms with van der Waals surface area (Å²) in [5, 5.41) is 23.1. The molecule has 0 aliphatic carbocycles. The van der Waals surface area contributed by atoms with Crippen LogP contribution in [0.2, 0.25) is 0 Å². The highest BCUT2D eigenvalue weighted by molar-refractivity contribution is 5.58. The molecule has 2 aromatic carbocycles. The third kappa shape index (κ3) is 4.45. The number of rotatable bonds is 7. The summed E-state index contributed by atoms with van der Waals surface area (Å²) in [6, 6.07) is 12.5. The molecule has 3 rings (SSSR count). The highest BCUT2D eigenvalue weighted by Gasteiger charge is 2.11. The molecule has 0 radical (unpaired) electrons. The van der Waals surface area contributed by atoms with E-state index >= 15 is 0 Å². The van der Waals surface area contributed by atoms with Gasteiger partial charge in [-0.15, -0.1) is 10.2 Å². The lowest BCUT2D eigenvalue weighted by Gasteiger charge is -2.15. The van der Waals surface area contributed by atoms with E-state index in [4.69, 9.17) is 0 Å². The molecule has 0 spiro atoms. The van der Waals surface area contributed by atoms with Crippen LogP contribution in [0.4, 0.5) is 10.1 Å². The van der Waals surface area contributed by atoms with Gasteiger partial charge in [-0.25, -0.2) is 4.39 Å². The molecule has 0 fully saturated rings. The average molecular weight is 356 g/mol. The van der Waals surface area contributed by atoms with Gasteiger partial charge in [-0.1, -0.05) is 24.3 Å². The number of nitro groups is 1. The summed E-state index contributed by atoms with van der Waals surface area (Å²) >= 11 is 0. The van der Waals surface area contributed by atoms with Gasteiger partial charge in [0.25, 0.3) is 5.69 Å². The first kappa shape index (κ1) is 17.6. The number of aromatic nitrogens is 4. The molecular formula is C17H17FN6O2. The molecule has 0 unspecified atom stereocenters. The third-order valence-electron chi connectivity index (χ3n) is 3.82. The zero-order valence-corrected chi connectivity index (χ0v) is 14.1. The van der Waals surface area contributed by atoms with Crippen molar-refractivity contribution in [1.29, 1.82) is 0 Å². The smallest absolute Gasteiger partial charge is 0.270 e. The number of hydrogen-bond donors (Lipinski definition) is 0. The second-order valence-corrected chi connectivity index (χ2v) is 5.88. The maximum absolute atomic E-state index is 12.9. The van der Waals surface area contributed by atoms with Gasteiger partial charge in [0.15, 0.2) is 0 Å². The molecule has 3 aromatic rings. The van der Waals surface area contributed by atoms with Gasteiger partial charge < -0.3 is 4.90 Å². The van der Waals surface area contributed by atoms with Crippen molar-refractivity contribution in [3.8, 4) is 11.4 Å². The third-order valence-corrected chi connectivity index (χ3v) is 3.82. The highest BCUT2D eigenvalue weighted by atomic mass is 19.1. The minimum absolute atomic E-state index is 0.0159. The van der Waals surface area contributed by atoms with Crippen molar-refractivity contribution in [1.82, 2.24) is 25.1 Å². The molecule has 0 N–H and O–H groups in total.